The average Bonchev–Trinajstić information content (AvgIpc) is 2.76. The summed E-state index contributed by atoms with van der Waals surface area (Å²) in [6.07, 6.45) is 3.54. The van der Waals surface area contributed by atoms with Crippen LogP contribution in [0.15, 0.2) is 73.3 Å². The molecular weight excluding hydrogens is 414 g/mol. The molecular formula is C27H17F4N. The molecule has 4 aromatic carbocycles. The van der Waals surface area contributed by atoms with Crippen LogP contribution in [0.4, 0.5) is 17.6 Å². The van der Waals surface area contributed by atoms with E-state index >= 15 is 0 Å². The van der Waals surface area contributed by atoms with Gasteiger partial charge in [-0.2, -0.15) is 5.26 Å². The number of halogens is 4. The zero-order valence-electron chi connectivity index (χ0n) is 16.9. The highest BCUT2D eigenvalue weighted by atomic mass is 19.1. The number of aryl methyl sites for hydroxylation is 1. The molecule has 0 aliphatic rings. The van der Waals surface area contributed by atoms with Crippen LogP contribution in [0.25, 0.3) is 33.0 Å². The quantitative estimate of drug-likeness (QED) is 0.234. The first-order valence-electron chi connectivity index (χ1n) is 9.94. The molecule has 0 radical (unpaired) electrons. The summed E-state index contributed by atoms with van der Waals surface area (Å²) in [5, 5.41) is 10.6. The summed E-state index contributed by atoms with van der Waals surface area (Å²) in [6, 6.07) is 16.6. The van der Waals surface area contributed by atoms with Crippen molar-refractivity contribution in [3.8, 4) is 28.3 Å². The number of hydrogen-bond acceptors (Lipinski definition) is 1. The minimum absolute atomic E-state index is 0.308. The molecule has 4 rings (SSSR count). The Hall–Kier alpha value is -3.91. The first-order chi connectivity index (χ1) is 15.4. The fraction of sp³-hybridized carbons (Fsp3) is 0.0741. The van der Waals surface area contributed by atoms with Gasteiger partial charge >= 0.3 is 0 Å². The van der Waals surface area contributed by atoms with Crippen LogP contribution in [0.2, 0.25) is 0 Å². The molecule has 0 fully saturated rings. The van der Waals surface area contributed by atoms with E-state index in [4.69, 9.17) is 5.26 Å². The molecule has 0 saturated carbocycles. The molecule has 0 aliphatic carbocycles. The molecule has 5 heteroatoms. The van der Waals surface area contributed by atoms with Crippen LogP contribution in [0, 0.1) is 34.6 Å². The Morgan fingerprint density at radius 1 is 0.812 bits per heavy atom. The van der Waals surface area contributed by atoms with Gasteiger partial charge in [-0.1, -0.05) is 42.5 Å². The Kier molecular flexibility index (Phi) is 5.79. The largest absolute Gasteiger partial charge is 0.206 e. The fourth-order valence-corrected chi connectivity index (χ4v) is 3.84. The van der Waals surface area contributed by atoms with E-state index in [1.807, 2.05) is 36.4 Å². The van der Waals surface area contributed by atoms with E-state index in [9.17, 15) is 17.6 Å². The van der Waals surface area contributed by atoms with Crippen LogP contribution in [0.3, 0.4) is 0 Å². The van der Waals surface area contributed by atoms with Crippen LogP contribution < -0.4 is 0 Å². The number of fused-ring (bicyclic) bond motifs is 1. The van der Waals surface area contributed by atoms with Crippen LogP contribution >= 0.6 is 0 Å². The van der Waals surface area contributed by atoms with Gasteiger partial charge in [0.15, 0.2) is 0 Å². The van der Waals surface area contributed by atoms with E-state index in [0.29, 0.717) is 11.1 Å². The van der Waals surface area contributed by atoms with E-state index in [-0.39, 0.29) is 5.56 Å². The zero-order valence-corrected chi connectivity index (χ0v) is 16.9. The lowest BCUT2D eigenvalue weighted by Crippen LogP contribution is -1.97. The molecule has 0 atom stereocenters. The van der Waals surface area contributed by atoms with Gasteiger partial charge in [-0.05, 0) is 70.1 Å². The Morgan fingerprint density at radius 2 is 1.47 bits per heavy atom. The minimum Gasteiger partial charge on any atom is -0.206 e. The molecule has 158 valence electrons. The Bertz CT molecular complexity index is 1350. The zero-order chi connectivity index (χ0) is 22.8. The third-order valence-corrected chi connectivity index (χ3v) is 5.38. The third-order valence-electron chi connectivity index (χ3n) is 5.38. The first kappa shape index (κ1) is 21.3. The molecule has 0 unspecified atom stereocenters. The van der Waals surface area contributed by atoms with Gasteiger partial charge in [-0.25, -0.2) is 17.6 Å². The molecule has 0 saturated heterocycles. The van der Waals surface area contributed by atoms with Gasteiger partial charge in [-0.15, -0.1) is 6.58 Å². The van der Waals surface area contributed by atoms with Gasteiger partial charge in [0.05, 0.1) is 5.56 Å². The predicted molar refractivity (Wildman–Crippen MR) is 118 cm³/mol. The third kappa shape index (κ3) is 3.88. The van der Waals surface area contributed by atoms with Gasteiger partial charge in [0, 0.05) is 0 Å². The molecule has 32 heavy (non-hydrogen) atoms. The van der Waals surface area contributed by atoms with Crippen LogP contribution in [-0.4, -0.2) is 0 Å². The van der Waals surface area contributed by atoms with Crippen molar-refractivity contribution in [2.75, 3.05) is 0 Å². The van der Waals surface area contributed by atoms with Gasteiger partial charge in [-0.3, -0.25) is 0 Å². The molecule has 0 aliphatic heterocycles. The molecule has 1 nitrogen and oxygen atoms in total. The predicted octanol–water partition coefficient (Wildman–Crippen LogP) is 7.72. The van der Waals surface area contributed by atoms with Gasteiger partial charge in [0.25, 0.3) is 0 Å². The van der Waals surface area contributed by atoms with Crippen molar-refractivity contribution >= 4 is 10.8 Å². The number of benzene rings is 4. The normalized spacial score (nSPS) is 10.8. The second-order valence-electron chi connectivity index (χ2n) is 7.43. The van der Waals surface area contributed by atoms with Crippen LogP contribution in [0.1, 0.15) is 17.5 Å². The number of hydrogen-bond donors (Lipinski definition) is 0. The number of allylic oxidation sites excluding steroid dienone is 1. The highest BCUT2D eigenvalue weighted by molar-refractivity contribution is 5.97. The van der Waals surface area contributed by atoms with E-state index in [1.54, 1.807) is 6.07 Å². The summed E-state index contributed by atoms with van der Waals surface area (Å²) in [4.78, 5) is 0. The second kappa shape index (κ2) is 8.68. The summed E-state index contributed by atoms with van der Waals surface area (Å²) in [5.41, 5.74) is 0.414. The molecule has 4 aromatic rings. The van der Waals surface area contributed by atoms with Crippen molar-refractivity contribution in [3.63, 3.8) is 0 Å². The molecule has 0 N–H and O–H groups in total. The summed E-state index contributed by atoms with van der Waals surface area (Å²) in [7, 11) is 0. The minimum atomic E-state index is -1.17. The van der Waals surface area contributed by atoms with Gasteiger partial charge in [0.1, 0.15) is 34.9 Å². The van der Waals surface area contributed by atoms with Gasteiger partial charge in [0.2, 0.25) is 0 Å². The van der Waals surface area contributed by atoms with Crippen LogP contribution in [-0.2, 0) is 6.42 Å². The van der Waals surface area contributed by atoms with E-state index in [1.165, 1.54) is 6.07 Å². The van der Waals surface area contributed by atoms with Crippen molar-refractivity contribution in [1.82, 2.24) is 0 Å². The SMILES string of the molecule is C=CCCc1ccc2c(-c3cc(F)c(-c4cc(F)c(C#N)c(F)c4)c(F)c3)cccc2c1. The summed E-state index contributed by atoms with van der Waals surface area (Å²) >= 11 is 0. The second-order valence-corrected chi connectivity index (χ2v) is 7.43. The number of nitrogens with zero attached hydrogens (tertiary/aromatic N) is 1. The van der Waals surface area contributed by atoms with Crippen molar-refractivity contribution in [3.05, 3.63) is 108 Å². The Labute approximate surface area is 182 Å². The maximum absolute atomic E-state index is 15.0. The van der Waals surface area contributed by atoms with Gasteiger partial charge < -0.3 is 0 Å². The number of rotatable bonds is 5. The summed E-state index contributed by atoms with van der Waals surface area (Å²) in [6.45, 7) is 3.73. The molecule has 0 amide bonds. The average molecular weight is 431 g/mol. The lowest BCUT2D eigenvalue weighted by Gasteiger charge is -2.12. The summed E-state index contributed by atoms with van der Waals surface area (Å²) < 4.78 is 57.9. The lowest BCUT2D eigenvalue weighted by atomic mass is 9.94. The van der Waals surface area contributed by atoms with Crippen LogP contribution in [0.5, 0.6) is 0 Å². The number of nitriles is 1. The maximum atomic E-state index is 15.0. The van der Waals surface area contributed by atoms with Crippen molar-refractivity contribution < 1.29 is 17.6 Å². The molecule has 0 heterocycles. The molecule has 0 bridgehead atoms. The Balaban J connectivity index is 1.81. The fourth-order valence-electron chi connectivity index (χ4n) is 3.84. The lowest BCUT2D eigenvalue weighted by molar-refractivity contribution is 0.573. The maximum Gasteiger partial charge on any atom is 0.144 e. The van der Waals surface area contributed by atoms with Crippen molar-refractivity contribution in [2.45, 2.75) is 12.8 Å². The highest BCUT2D eigenvalue weighted by Gasteiger charge is 2.19. The van der Waals surface area contributed by atoms with E-state index in [0.717, 1.165) is 53.4 Å². The Morgan fingerprint density at radius 3 is 2.09 bits per heavy atom. The molecule has 0 aromatic heterocycles. The summed E-state index contributed by atoms with van der Waals surface area (Å²) in [5.74, 6) is -4.26. The smallest absolute Gasteiger partial charge is 0.144 e. The topological polar surface area (TPSA) is 23.8 Å². The molecule has 0 spiro atoms. The highest BCUT2D eigenvalue weighted by Crippen LogP contribution is 2.35. The van der Waals surface area contributed by atoms with E-state index < -0.39 is 34.4 Å². The standard InChI is InChI=1S/C27H17F4N/c1-2-3-5-16-8-9-21-17(10-16)6-4-7-20(21)18-11-25(30)27(26(31)12-18)19-13-23(28)22(15-32)24(29)14-19/h2,4,6-14H,1,3,5H2. The van der Waals surface area contributed by atoms with E-state index in [2.05, 4.69) is 6.58 Å². The monoisotopic (exact) mass is 431 g/mol. The van der Waals surface area contributed by atoms with Crippen molar-refractivity contribution in [1.29, 1.82) is 5.26 Å². The van der Waals surface area contributed by atoms with Crippen molar-refractivity contribution in [2.24, 2.45) is 0 Å². The first-order valence-corrected chi connectivity index (χ1v) is 9.94.